The average molecular weight is 417 g/mol. The third kappa shape index (κ3) is 2.71. The standard InChI is InChI=1S/C29H24NP/c1-5-13-25(14-6-1)31(26-15-7-2-8-16-26,27-17-9-3-10-18-27,28-19-11-4-12-20-28)29-21-23-30-24-22-29/h1-24H. The minimum atomic E-state index is -3.30. The Bertz CT molecular complexity index is 1010. The number of rotatable bonds is 5. The van der Waals surface area contributed by atoms with Crippen molar-refractivity contribution >= 4 is 33.1 Å². The number of hydrogen-bond donors (Lipinski definition) is 0. The molecule has 0 bridgehead atoms. The first-order chi connectivity index (χ1) is 15.4. The van der Waals surface area contributed by atoms with Gasteiger partial charge in [0.05, 0.1) is 0 Å². The zero-order chi connectivity index (χ0) is 21.0. The van der Waals surface area contributed by atoms with Crippen molar-refractivity contribution in [3.8, 4) is 0 Å². The summed E-state index contributed by atoms with van der Waals surface area (Å²) in [5.41, 5.74) is 0. The summed E-state index contributed by atoms with van der Waals surface area (Å²) in [6, 6.07) is 48.5. The summed E-state index contributed by atoms with van der Waals surface area (Å²) < 4.78 is 0. The fourth-order valence-electron chi connectivity index (χ4n) is 5.04. The summed E-state index contributed by atoms with van der Waals surface area (Å²) in [4.78, 5) is 4.39. The fourth-order valence-corrected chi connectivity index (χ4v) is 11.8. The van der Waals surface area contributed by atoms with E-state index in [1.54, 1.807) is 0 Å². The van der Waals surface area contributed by atoms with Crippen molar-refractivity contribution in [3.63, 3.8) is 0 Å². The third-order valence-electron chi connectivity index (χ3n) is 6.27. The summed E-state index contributed by atoms with van der Waals surface area (Å²) in [6.07, 6.45) is 3.85. The molecule has 31 heavy (non-hydrogen) atoms. The van der Waals surface area contributed by atoms with E-state index >= 15 is 0 Å². The first-order valence-electron chi connectivity index (χ1n) is 10.5. The van der Waals surface area contributed by atoms with Crippen molar-refractivity contribution in [1.29, 1.82) is 0 Å². The van der Waals surface area contributed by atoms with Crippen LogP contribution in [-0.2, 0) is 0 Å². The number of hydrogen-bond acceptors (Lipinski definition) is 1. The minimum absolute atomic E-state index is 1.29. The van der Waals surface area contributed by atoms with Gasteiger partial charge >= 0.3 is 184 Å². The van der Waals surface area contributed by atoms with Crippen LogP contribution in [0, 0.1) is 0 Å². The van der Waals surface area contributed by atoms with Gasteiger partial charge in [0.15, 0.2) is 0 Å². The van der Waals surface area contributed by atoms with Crippen LogP contribution < -0.4 is 26.5 Å². The van der Waals surface area contributed by atoms with E-state index in [0.717, 1.165) is 0 Å². The van der Waals surface area contributed by atoms with Gasteiger partial charge < -0.3 is 0 Å². The molecule has 0 aliphatic carbocycles. The van der Waals surface area contributed by atoms with Gasteiger partial charge in [-0.2, -0.15) is 0 Å². The summed E-state index contributed by atoms with van der Waals surface area (Å²) in [5, 5.41) is 6.58. The molecule has 5 aromatic rings. The first kappa shape index (κ1) is 19.4. The molecule has 4 aromatic carbocycles. The molecule has 0 fully saturated rings. The molecule has 0 amide bonds. The van der Waals surface area contributed by atoms with Crippen LogP contribution in [0.2, 0.25) is 0 Å². The molecule has 0 unspecified atom stereocenters. The van der Waals surface area contributed by atoms with Gasteiger partial charge in [0.1, 0.15) is 0 Å². The molecule has 0 aliphatic rings. The SMILES string of the molecule is c1ccc(P(c2ccccc2)(c2ccccc2)(c2ccccc2)c2ccncc2)cc1. The second kappa shape index (κ2) is 7.95. The molecule has 1 heterocycles. The summed E-state index contributed by atoms with van der Waals surface area (Å²) in [5.74, 6) is 0. The van der Waals surface area contributed by atoms with Gasteiger partial charge in [0, 0.05) is 0 Å². The van der Waals surface area contributed by atoms with Crippen LogP contribution in [0.5, 0.6) is 0 Å². The van der Waals surface area contributed by atoms with E-state index in [1.807, 2.05) is 12.4 Å². The van der Waals surface area contributed by atoms with Crippen LogP contribution >= 0.6 is 6.60 Å². The van der Waals surface area contributed by atoms with E-state index in [9.17, 15) is 0 Å². The van der Waals surface area contributed by atoms with Gasteiger partial charge in [-0.15, -0.1) is 0 Å². The van der Waals surface area contributed by atoms with Crippen molar-refractivity contribution in [3.05, 3.63) is 146 Å². The maximum absolute atomic E-state index is 4.39. The molecular weight excluding hydrogens is 393 g/mol. The summed E-state index contributed by atoms with van der Waals surface area (Å²) in [7, 11) is 0. The number of nitrogens with zero attached hydrogens (tertiary/aromatic N) is 1. The third-order valence-corrected chi connectivity index (χ3v) is 12.9. The van der Waals surface area contributed by atoms with Crippen molar-refractivity contribution in [1.82, 2.24) is 4.98 Å². The van der Waals surface area contributed by atoms with Gasteiger partial charge in [-0.05, 0) is 0 Å². The van der Waals surface area contributed by atoms with Crippen LogP contribution in [-0.4, -0.2) is 4.98 Å². The topological polar surface area (TPSA) is 12.9 Å². The van der Waals surface area contributed by atoms with E-state index < -0.39 is 6.60 Å². The molecule has 150 valence electrons. The Balaban J connectivity index is 2.14. The zero-order valence-electron chi connectivity index (χ0n) is 17.3. The Labute approximate surface area is 184 Å². The second-order valence-corrected chi connectivity index (χ2v) is 12.5. The zero-order valence-corrected chi connectivity index (χ0v) is 18.1. The Kier molecular flexibility index (Phi) is 4.98. The Hall–Kier alpha value is -3.54. The quantitative estimate of drug-likeness (QED) is 0.382. The molecule has 0 N–H and O–H groups in total. The molecule has 0 atom stereocenters. The van der Waals surface area contributed by atoms with Gasteiger partial charge in [-0.3, -0.25) is 0 Å². The average Bonchev–Trinajstić information content (AvgIpc) is 2.88. The van der Waals surface area contributed by atoms with Crippen LogP contribution in [0.4, 0.5) is 0 Å². The predicted molar refractivity (Wildman–Crippen MR) is 135 cm³/mol. The Morgan fingerprint density at radius 3 is 0.871 bits per heavy atom. The van der Waals surface area contributed by atoms with Crippen LogP contribution in [0.1, 0.15) is 0 Å². The molecule has 1 nitrogen and oxygen atoms in total. The molecule has 0 saturated heterocycles. The predicted octanol–water partition coefficient (Wildman–Crippen LogP) is 4.56. The van der Waals surface area contributed by atoms with Gasteiger partial charge in [0.25, 0.3) is 0 Å². The fraction of sp³-hybridized carbons (Fsp3) is 0. The van der Waals surface area contributed by atoms with Crippen LogP contribution in [0.15, 0.2) is 146 Å². The van der Waals surface area contributed by atoms with E-state index in [0.29, 0.717) is 0 Å². The molecule has 5 rings (SSSR count). The van der Waals surface area contributed by atoms with Crippen LogP contribution in [0.3, 0.4) is 0 Å². The van der Waals surface area contributed by atoms with Crippen LogP contribution in [0.25, 0.3) is 0 Å². The number of aromatic nitrogens is 1. The summed E-state index contributed by atoms with van der Waals surface area (Å²) in [6.45, 7) is -3.30. The van der Waals surface area contributed by atoms with Crippen molar-refractivity contribution in [2.24, 2.45) is 0 Å². The number of pyridine rings is 1. The second-order valence-electron chi connectivity index (χ2n) is 7.67. The number of benzene rings is 4. The van der Waals surface area contributed by atoms with Gasteiger partial charge in [-0.1, -0.05) is 0 Å². The van der Waals surface area contributed by atoms with E-state index in [-0.39, 0.29) is 0 Å². The van der Waals surface area contributed by atoms with Gasteiger partial charge in [-0.25, -0.2) is 0 Å². The normalized spacial score (nSPS) is 12.6. The van der Waals surface area contributed by atoms with Crippen molar-refractivity contribution in [2.75, 3.05) is 0 Å². The molecule has 0 spiro atoms. The van der Waals surface area contributed by atoms with E-state index in [2.05, 4.69) is 138 Å². The van der Waals surface area contributed by atoms with Crippen molar-refractivity contribution < 1.29 is 0 Å². The van der Waals surface area contributed by atoms with E-state index in [1.165, 1.54) is 26.5 Å². The molecule has 2 heteroatoms. The monoisotopic (exact) mass is 417 g/mol. The molecule has 0 saturated carbocycles. The van der Waals surface area contributed by atoms with E-state index in [4.69, 9.17) is 0 Å². The molecular formula is C29H24NP. The van der Waals surface area contributed by atoms with Gasteiger partial charge in [0.2, 0.25) is 0 Å². The molecule has 0 radical (unpaired) electrons. The maximum atomic E-state index is 4.39. The van der Waals surface area contributed by atoms with Crippen molar-refractivity contribution in [2.45, 2.75) is 0 Å². The Morgan fingerprint density at radius 1 is 0.323 bits per heavy atom. The first-order valence-corrected chi connectivity index (χ1v) is 12.8. The molecule has 1 aromatic heterocycles. The Morgan fingerprint density at radius 2 is 0.581 bits per heavy atom. The molecule has 0 aliphatic heterocycles. The summed E-state index contributed by atoms with van der Waals surface area (Å²) >= 11 is 0.